The van der Waals surface area contributed by atoms with Crippen LogP contribution in [0, 0.1) is 0 Å². The topological polar surface area (TPSA) is 21.3 Å². The fraction of sp³-hybridized carbons (Fsp3) is 0.250. The van der Waals surface area contributed by atoms with Gasteiger partial charge in [-0.1, -0.05) is 24.9 Å². The molecule has 0 aliphatic rings. The molecular weight excluding hydrogens is 158 g/mol. The fourth-order valence-electron chi connectivity index (χ4n) is 0.842. The van der Waals surface area contributed by atoms with Crippen LogP contribution in [0.2, 0.25) is 0 Å². The molecule has 0 bridgehead atoms. The van der Waals surface area contributed by atoms with Crippen LogP contribution >= 0.6 is 12.8 Å². The number of thiol groups is 1. The summed E-state index contributed by atoms with van der Waals surface area (Å²) in [5, 5.41) is 0. The highest BCUT2D eigenvalue weighted by molar-refractivity contribution is 7.81. The van der Waals surface area contributed by atoms with Crippen molar-refractivity contribution in [2.24, 2.45) is 0 Å². The second-order valence-electron chi connectivity index (χ2n) is 2.24. The third-order valence-corrected chi connectivity index (χ3v) is 1.65. The maximum Gasteiger partial charge on any atom is 0.0713 e. The van der Waals surface area contributed by atoms with Gasteiger partial charge in [0.05, 0.1) is 6.61 Å². The molecule has 0 atom stereocenters. The van der Waals surface area contributed by atoms with Gasteiger partial charge in [-0.2, -0.15) is 0 Å². The van der Waals surface area contributed by atoms with Crippen LogP contribution in [-0.4, -0.2) is 7.11 Å². The smallest absolute Gasteiger partial charge is 0.0713 e. The maximum atomic E-state index is 4.96. The molecule has 0 aromatic heterocycles. The number of hydrogen-bond donors (Lipinski definition) is 2. The highest BCUT2D eigenvalue weighted by atomic mass is 32.1. The Morgan fingerprint density at radius 3 is 2.45 bits per heavy atom. The van der Waals surface area contributed by atoms with E-state index in [0.717, 1.165) is 5.69 Å². The molecule has 0 unspecified atom stereocenters. The molecular formula is C8H11NOS. The van der Waals surface area contributed by atoms with Crippen LogP contribution in [-0.2, 0) is 11.3 Å². The van der Waals surface area contributed by atoms with E-state index < -0.39 is 0 Å². The van der Waals surface area contributed by atoms with Crippen molar-refractivity contribution in [3.8, 4) is 0 Å². The Hall–Kier alpha value is -0.670. The van der Waals surface area contributed by atoms with Crippen molar-refractivity contribution >= 4 is 18.5 Å². The quantitative estimate of drug-likeness (QED) is 0.676. The minimum Gasteiger partial charge on any atom is -0.380 e. The molecule has 1 aromatic carbocycles. The van der Waals surface area contributed by atoms with Gasteiger partial charge in [0.15, 0.2) is 0 Å². The molecule has 3 heteroatoms. The van der Waals surface area contributed by atoms with E-state index in [0.29, 0.717) is 6.61 Å². The Labute approximate surface area is 72.1 Å². The molecule has 0 radical (unpaired) electrons. The molecule has 0 heterocycles. The number of anilines is 1. The lowest BCUT2D eigenvalue weighted by molar-refractivity contribution is 0.185. The van der Waals surface area contributed by atoms with Gasteiger partial charge in [-0.3, -0.25) is 0 Å². The zero-order valence-corrected chi connectivity index (χ0v) is 7.27. The first kappa shape index (κ1) is 8.43. The first-order valence-corrected chi connectivity index (χ1v) is 3.79. The minimum atomic E-state index is 0.660. The van der Waals surface area contributed by atoms with Crippen molar-refractivity contribution in [2.45, 2.75) is 6.61 Å². The summed E-state index contributed by atoms with van der Waals surface area (Å²) in [6.07, 6.45) is 0. The lowest BCUT2D eigenvalue weighted by atomic mass is 10.2. The van der Waals surface area contributed by atoms with Crippen molar-refractivity contribution in [2.75, 3.05) is 11.8 Å². The molecule has 0 fully saturated rings. The number of ether oxygens (including phenoxy) is 1. The van der Waals surface area contributed by atoms with Gasteiger partial charge in [-0.25, -0.2) is 0 Å². The van der Waals surface area contributed by atoms with Gasteiger partial charge in [0.1, 0.15) is 0 Å². The molecule has 2 nitrogen and oxygen atoms in total. The molecule has 0 saturated carbocycles. The van der Waals surface area contributed by atoms with Gasteiger partial charge in [-0.15, -0.1) is 0 Å². The highest BCUT2D eigenvalue weighted by Gasteiger charge is 1.90. The fourth-order valence-corrected chi connectivity index (χ4v) is 0.991. The third-order valence-electron chi connectivity index (χ3n) is 1.39. The lowest BCUT2D eigenvalue weighted by Crippen LogP contribution is -1.87. The van der Waals surface area contributed by atoms with Crippen molar-refractivity contribution in [3.63, 3.8) is 0 Å². The summed E-state index contributed by atoms with van der Waals surface area (Å²) in [6, 6.07) is 7.92. The van der Waals surface area contributed by atoms with E-state index in [2.05, 4.69) is 17.5 Å². The van der Waals surface area contributed by atoms with Crippen LogP contribution in [0.1, 0.15) is 5.56 Å². The summed E-state index contributed by atoms with van der Waals surface area (Å²) < 4.78 is 7.71. The molecule has 1 aromatic rings. The molecule has 60 valence electrons. The summed E-state index contributed by atoms with van der Waals surface area (Å²) in [4.78, 5) is 0. The summed E-state index contributed by atoms with van der Waals surface area (Å²) in [7, 11) is 1.69. The Morgan fingerprint density at radius 1 is 1.36 bits per heavy atom. The van der Waals surface area contributed by atoms with E-state index >= 15 is 0 Å². The second-order valence-corrected chi connectivity index (χ2v) is 2.47. The Kier molecular flexibility index (Phi) is 3.26. The summed E-state index contributed by atoms with van der Waals surface area (Å²) >= 11 is 3.92. The SMILES string of the molecule is COCc1ccc(NS)cc1. The molecule has 0 spiro atoms. The van der Waals surface area contributed by atoms with Gasteiger partial charge in [-0.05, 0) is 17.7 Å². The van der Waals surface area contributed by atoms with Gasteiger partial charge >= 0.3 is 0 Å². The van der Waals surface area contributed by atoms with E-state index in [1.807, 2.05) is 24.3 Å². The number of methoxy groups -OCH3 is 1. The largest absolute Gasteiger partial charge is 0.380 e. The predicted octanol–water partition coefficient (Wildman–Crippen LogP) is 2.09. The van der Waals surface area contributed by atoms with Crippen LogP contribution in [0.25, 0.3) is 0 Å². The van der Waals surface area contributed by atoms with E-state index in [-0.39, 0.29) is 0 Å². The molecule has 0 aliphatic heterocycles. The monoisotopic (exact) mass is 169 g/mol. The van der Waals surface area contributed by atoms with Crippen molar-refractivity contribution in [1.29, 1.82) is 0 Å². The average molecular weight is 169 g/mol. The maximum absolute atomic E-state index is 4.96. The standard InChI is InChI=1S/C8H11NOS/c1-10-6-7-2-4-8(9-11)5-3-7/h2-5,9,11H,6H2,1H3. The Bertz CT molecular complexity index is 210. The van der Waals surface area contributed by atoms with Gasteiger partial charge in [0.25, 0.3) is 0 Å². The van der Waals surface area contributed by atoms with Crippen LogP contribution in [0.4, 0.5) is 5.69 Å². The average Bonchev–Trinajstić information content (AvgIpc) is 2.07. The first-order valence-electron chi connectivity index (χ1n) is 3.35. The number of benzene rings is 1. The summed E-state index contributed by atoms with van der Waals surface area (Å²) in [5.74, 6) is 0. The third kappa shape index (κ3) is 2.44. The zero-order valence-electron chi connectivity index (χ0n) is 6.37. The van der Waals surface area contributed by atoms with Crippen LogP contribution in [0.5, 0.6) is 0 Å². The van der Waals surface area contributed by atoms with E-state index in [1.165, 1.54) is 5.56 Å². The number of rotatable bonds is 3. The van der Waals surface area contributed by atoms with Crippen molar-refractivity contribution < 1.29 is 4.74 Å². The molecule has 0 amide bonds. The van der Waals surface area contributed by atoms with E-state index in [4.69, 9.17) is 4.74 Å². The number of nitrogens with one attached hydrogen (secondary N) is 1. The predicted molar refractivity (Wildman–Crippen MR) is 49.8 cm³/mol. The van der Waals surface area contributed by atoms with E-state index in [1.54, 1.807) is 7.11 Å². The van der Waals surface area contributed by atoms with E-state index in [9.17, 15) is 0 Å². The Morgan fingerprint density at radius 2 is 2.00 bits per heavy atom. The molecule has 1 rings (SSSR count). The van der Waals surface area contributed by atoms with Crippen LogP contribution in [0.15, 0.2) is 24.3 Å². The highest BCUT2D eigenvalue weighted by Crippen LogP contribution is 2.10. The normalized spacial score (nSPS) is 9.64. The first-order chi connectivity index (χ1) is 5.36. The van der Waals surface area contributed by atoms with Crippen molar-refractivity contribution in [1.82, 2.24) is 0 Å². The van der Waals surface area contributed by atoms with Gasteiger partial charge in [0.2, 0.25) is 0 Å². The second kappa shape index (κ2) is 4.26. The molecule has 11 heavy (non-hydrogen) atoms. The summed E-state index contributed by atoms with van der Waals surface area (Å²) in [6.45, 7) is 0.660. The lowest BCUT2D eigenvalue weighted by Gasteiger charge is -2.00. The zero-order chi connectivity index (χ0) is 8.10. The molecule has 0 aliphatic carbocycles. The minimum absolute atomic E-state index is 0.660. The summed E-state index contributed by atoms with van der Waals surface area (Å²) in [5.41, 5.74) is 2.16. The van der Waals surface area contributed by atoms with Crippen molar-refractivity contribution in [3.05, 3.63) is 29.8 Å². The molecule has 1 N–H and O–H groups in total. The van der Waals surface area contributed by atoms with Crippen LogP contribution in [0.3, 0.4) is 0 Å². The number of hydrogen-bond acceptors (Lipinski definition) is 3. The van der Waals surface area contributed by atoms with Gasteiger partial charge in [0, 0.05) is 12.8 Å². The Balaban J connectivity index is 2.66. The molecule has 0 saturated heterocycles. The van der Waals surface area contributed by atoms with Gasteiger partial charge < -0.3 is 9.46 Å². The van der Waals surface area contributed by atoms with Crippen LogP contribution < -0.4 is 4.72 Å².